The van der Waals surface area contributed by atoms with Crippen LogP contribution >= 0.6 is 35.0 Å². The number of carbonyl (C=O) groups excluding carboxylic acids is 1. The van der Waals surface area contributed by atoms with Crippen LogP contribution < -0.4 is 21.2 Å². The van der Waals surface area contributed by atoms with Gasteiger partial charge in [-0.3, -0.25) is 4.79 Å². The predicted molar refractivity (Wildman–Crippen MR) is 120 cm³/mol. The van der Waals surface area contributed by atoms with Crippen LogP contribution in [-0.4, -0.2) is 33.6 Å². The van der Waals surface area contributed by atoms with Gasteiger partial charge in [0.25, 0.3) is 0 Å². The van der Waals surface area contributed by atoms with Crippen molar-refractivity contribution in [2.45, 2.75) is 18.2 Å². The number of ether oxygens (including phenoxy) is 1. The van der Waals surface area contributed by atoms with Crippen LogP contribution in [0, 0.1) is 0 Å². The maximum Gasteiger partial charge on any atom is 0.230 e. The fourth-order valence-corrected chi connectivity index (χ4v) is 3.47. The van der Waals surface area contributed by atoms with Crippen LogP contribution in [0.25, 0.3) is 0 Å². The summed E-state index contributed by atoms with van der Waals surface area (Å²) in [7, 11) is 1.62. The van der Waals surface area contributed by atoms with Crippen LogP contribution in [0.1, 0.15) is 11.4 Å². The summed E-state index contributed by atoms with van der Waals surface area (Å²) in [6.07, 6.45) is 0. The smallest absolute Gasteiger partial charge is 0.230 e. The minimum atomic E-state index is -0.160. The number of methoxy groups -OCH3 is 1. The summed E-state index contributed by atoms with van der Waals surface area (Å²) >= 11 is 13.1. The molecular formula is C19H20Cl2N6O2S. The van der Waals surface area contributed by atoms with Crippen molar-refractivity contribution in [3.8, 4) is 5.75 Å². The number of rotatable bonds is 9. The second kappa shape index (κ2) is 10.4. The molecule has 0 aliphatic rings. The van der Waals surface area contributed by atoms with Crippen LogP contribution in [-0.2, 0) is 17.9 Å². The molecule has 0 aliphatic heterocycles. The monoisotopic (exact) mass is 466 g/mol. The highest BCUT2D eigenvalue weighted by molar-refractivity contribution is 7.99. The number of nitrogens with one attached hydrogen (secondary N) is 2. The second-order valence-electron chi connectivity index (χ2n) is 6.16. The number of anilines is 1. The first kappa shape index (κ1) is 22.1. The molecule has 158 valence electrons. The highest BCUT2D eigenvalue weighted by atomic mass is 35.5. The Labute approximate surface area is 188 Å². The molecule has 4 N–H and O–H groups in total. The van der Waals surface area contributed by atoms with E-state index in [1.807, 2.05) is 24.3 Å². The molecule has 0 saturated heterocycles. The lowest BCUT2D eigenvalue weighted by Crippen LogP contribution is -2.25. The Morgan fingerprint density at radius 2 is 1.90 bits per heavy atom. The van der Waals surface area contributed by atoms with Crippen molar-refractivity contribution in [3.05, 3.63) is 63.9 Å². The van der Waals surface area contributed by atoms with Crippen molar-refractivity contribution in [3.63, 3.8) is 0 Å². The normalized spacial score (nSPS) is 10.6. The molecule has 0 radical (unpaired) electrons. The molecule has 3 rings (SSSR count). The van der Waals surface area contributed by atoms with Crippen molar-refractivity contribution >= 4 is 46.6 Å². The average Bonchev–Trinajstić information content (AvgIpc) is 3.11. The van der Waals surface area contributed by atoms with E-state index in [1.165, 1.54) is 16.4 Å². The molecule has 8 nitrogen and oxygen atoms in total. The zero-order valence-corrected chi connectivity index (χ0v) is 18.4. The van der Waals surface area contributed by atoms with Gasteiger partial charge in [-0.15, -0.1) is 10.2 Å². The van der Waals surface area contributed by atoms with Crippen molar-refractivity contribution in [1.82, 2.24) is 20.2 Å². The van der Waals surface area contributed by atoms with Crippen LogP contribution in [0.2, 0.25) is 10.0 Å². The molecule has 0 bridgehead atoms. The van der Waals surface area contributed by atoms with Crippen LogP contribution in [0.3, 0.4) is 0 Å². The average molecular weight is 467 g/mol. The van der Waals surface area contributed by atoms with E-state index >= 15 is 0 Å². The number of nitrogens with zero attached hydrogens (tertiary/aromatic N) is 3. The summed E-state index contributed by atoms with van der Waals surface area (Å²) in [4.78, 5) is 12.1. The van der Waals surface area contributed by atoms with Crippen LogP contribution in [0.15, 0.2) is 47.6 Å². The summed E-state index contributed by atoms with van der Waals surface area (Å²) in [5, 5.41) is 15.5. The predicted octanol–water partition coefficient (Wildman–Crippen LogP) is 3.33. The van der Waals surface area contributed by atoms with E-state index in [4.69, 9.17) is 33.8 Å². The summed E-state index contributed by atoms with van der Waals surface area (Å²) in [6.45, 7) is 0.739. The number of aromatic nitrogens is 3. The number of nitrogens with two attached hydrogens (primary N) is 1. The zero-order valence-electron chi connectivity index (χ0n) is 16.1. The maximum atomic E-state index is 12.1. The lowest BCUT2D eigenvalue weighted by Gasteiger charge is -2.08. The topological polar surface area (TPSA) is 107 Å². The lowest BCUT2D eigenvalue weighted by molar-refractivity contribution is -0.118. The number of benzene rings is 2. The van der Waals surface area contributed by atoms with Gasteiger partial charge in [0, 0.05) is 12.2 Å². The van der Waals surface area contributed by atoms with Gasteiger partial charge in [-0.2, -0.15) is 0 Å². The fraction of sp³-hybridized carbons (Fsp3) is 0.211. The maximum absolute atomic E-state index is 12.1. The van der Waals surface area contributed by atoms with Gasteiger partial charge >= 0.3 is 0 Å². The summed E-state index contributed by atoms with van der Waals surface area (Å²) in [5.74, 6) is 7.36. The molecule has 0 atom stereocenters. The van der Waals surface area contributed by atoms with Crippen LogP contribution in [0.4, 0.5) is 5.69 Å². The molecule has 0 fully saturated rings. The molecule has 0 spiro atoms. The number of nitrogen functional groups attached to an aromatic ring is 1. The van der Waals surface area contributed by atoms with E-state index in [0.717, 1.165) is 17.0 Å². The third-order valence-corrected chi connectivity index (χ3v) is 5.76. The van der Waals surface area contributed by atoms with Crippen molar-refractivity contribution in [2.75, 3.05) is 24.0 Å². The van der Waals surface area contributed by atoms with E-state index in [9.17, 15) is 4.79 Å². The van der Waals surface area contributed by atoms with Gasteiger partial charge in [0.2, 0.25) is 11.1 Å². The molecule has 11 heteroatoms. The molecule has 30 heavy (non-hydrogen) atoms. The van der Waals surface area contributed by atoms with E-state index in [2.05, 4.69) is 20.8 Å². The van der Waals surface area contributed by atoms with Gasteiger partial charge in [0.15, 0.2) is 5.82 Å². The molecule has 1 aromatic heterocycles. The number of hydrogen-bond donors (Lipinski definition) is 3. The Kier molecular flexibility index (Phi) is 7.67. The quantitative estimate of drug-likeness (QED) is 0.327. The molecule has 0 unspecified atom stereocenters. The van der Waals surface area contributed by atoms with Gasteiger partial charge in [-0.1, -0.05) is 41.0 Å². The van der Waals surface area contributed by atoms with Gasteiger partial charge in [-0.25, -0.2) is 4.68 Å². The third kappa shape index (κ3) is 5.94. The Balaban J connectivity index is 1.46. The molecule has 2 aromatic carbocycles. The van der Waals surface area contributed by atoms with Gasteiger partial charge in [0.1, 0.15) is 5.75 Å². The van der Waals surface area contributed by atoms with Crippen LogP contribution in [0.5, 0.6) is 5.75 Å². The zero-order chi connectivity index (χ0) is 21.5. The number of carbonyl (C=O) groups is 1. The van der Waals surface area contributed by atoms with E-state index < -0.39 is 0 Å². The Morgan fingerprint density at radius 1 is 1.13 bits per heavy atom. The lowest BCUT2D eigenvalue weighted by atomic mass is 10.2. The van der Waals surface area contributed by atoms with E-state index in [1.54, 1.807) is 25.3 Å². The van der Waals surface area contributed by atoms with Crippen molar-refractivity contribution in [1.29, 1.82) is 0 Å². The van der Waals surface area contributed by atoms with E-state index in [-0.39, 0.29) is 11.7 Å². The third-order valence-electron chi connectivity index (χ3n) is 4.08. The molecule has 0 saturated carbocycles. The molecule has 1 amide bonds. The first-order chi connectivity index (χ1) is 14.5. The molecular weight excluding hydrogens is 447 g/mol. The summed E-state index contributed by atoms with van der Waals surface area (Å²) in [5.41, 5.74) is 1.76. The number of thioether (sulfide) groups is 1. The van der Waals surface area contributed by atoms with Crippen molar-refractivity contribution < 1.29 is 9.53 Å². The van der Waals surface area contributed by atoms with Gasteiger partial charge in [-0.05, 0) is 42.0 Å². The second-order valence-corrected chi connectivity index (χ2v) is 7.92. The SMILES string of the molecule is COc1ccc(NCc2nnc(SCC(=O)NCc3ccc(Cl)c(Cl)c3)n2N)cc1. The fourth-order valence-electron chi connectivity index (χ4n) is 2.45. The number of amides is 1. The number of halogens is 2. The van der Waals surface area contributed by atoms with Gasteiger partial charge in [0.05, 0.1) is 29.5 Å². The highest BCUT2D eigenvalue weighted by Gasteiger charge is 2.12. The van der Waals surface area contributed by atoms with Gasteiger partial charge < -0.3 is 21.2 Å². The number of hydrogen-bond acceptors (Lipinski definition) is 7. The summed E-state index contributed by atoms with van der Waals surface area (Å²) in [6, 6.07) is 12.7. The molecule has 0 aliphatic carbocycles. The van der Waals surface area contributed by atoms with E-state index in [0.29, 0.717) is 34.1 Å². The minimum absolute atomic E-state index is 0.155. The van der Waals surface area contributed by atoms with Crippen molar-refractivity contribution in [2.24, 2.45) is 0 Å². The molecule has 1 heterocycles. The summed E-state index contributed by atoms with van der Waals surface area (Å²) < 4.78 is 6.50. The minimum Gasteiger partial charge on any atom is -0.497 e. The molecule has 3 aromatic rings. The Morgan fingerprint density at radius 3 is 2.60 bits per heavy atom. The Hall–Kier alpha value is -2.62. The first-order valence-electron chi connectivity index (χ1n) is 8.87. The Bertz CT molecular complexity index is 1010. The first-order valence-corrected chi connectivity index (χ1v) is 10.6. The standard InChI is InChI=1S/C19H20Cl2N6O2S/c1-29-14-5-3-13(4-6-14)23-10-17-25-26-19(27(17)22)30-11-18(28)24-9-12-2-7-15(20)16(21)8-12/h2-8,23H,9-11,22H2,1H3,(H,24,28). The largest absolute Gasteiger partial charge is 0.497 e. The highest BCUT2D eigenvalue weighted by Crippen LogP contribution is 2.22.